The van der Waals surface area contributed by atoms with Crippen LogP contribution in [0.5, 0.6) is 5.88 Å². The first kappa shape index (κ1) is 19.6. The summed E-state index contributed by atoms with van der Waals surface area (Å²) in [6, 6.07) is 13.6. The highest BCUT2D eigenvalue weighted by atomic mass is 16.5. The zero-order valence-electron chi connectivity index (χ0n) is 17.1. The van der Waals surface area contributed by atoms with E-state index in [2.05, 4.69) is 22.5 Å². The van der Waals surface area contributed by atoms with Crippen LogP contribution >= 0.6 is 0 Å². The third-order valence-corrected chi connectivity index (χ3v) is 6.21. The van der Waals surface area contributed by atoms with Crippen molar-refractivity contribution >= 4 is 11.8 Å². The van der Waals surface area contributed by atoms with Crippen molar-refractivity contribution in [1.29, 1.82) is 0 Å². The number of amides is 1. The maximum Gasteiger partial charge on any atom is 0.408 e. The van der Waals surface area contributed by atoms with Gasteiger partial charge in [-0.25, -0.2) is 9.78 Å². The van der Waals surface area contributed by atoms with Gasteiger partial charge in [0, 0.05) is 18.0 Å². The number of nitrogens with zero attached hydrogens (tertiary/aromatic N) is 1. The van der Waals surface area contributed by atoms with E-state index >= 15 is 0 Å². The fourth-order valence-corrected chi connectivity index (χ4v) is 4.65. The van der Waals surface area contributed by atoms with Gasteiger partial charge in [-0.3, -0.25) is 0 Å². The van der Waals surface area contributed by atoms with Crippen LogP contribution in [0.15, 0.2) is 42.5 Å². The Bertz CT molecular complexity index is 837. The first-order valence-electron chi connectivity index (χ1n) is 10.4. The van der Waals surface area contributed by atoms with Crippen molar-refractivity contribution in [3.8, 4) is 5.88 Å². The molecule has 1 amide bonds. The first-order chi connectivity index (χ1) is 14.2. The van der Waals surface area contributed by atoms with Gasteiger partial charge in [0.15, 0.2) is 0 Å². The molecule has 2 aliphatic rings. The predicted molar refractivity (Wildman–Crippen MR) is 112 cm³/mol. The minimum absolute atomic E-state index is 0.189. The normalized spacial score (nSPS) is 23.7. The summed E-state index contributed by atoms with van der Waals surface area (Å²) in [4.78, 5) is 17.3. The second-order valence-electron chi connectivity index (χ2n) is 8.04. The van der Waals surface area contributed by atoms with E-state index < -0.39 is 6.09 Å². The van der Waals surface area contributed by atoms with Gasteiger partial charge in [-0.15, -0.1) is 0 Å². The van der Waals surface area contributed by atoms with Crippen LogP contribution in [0.1, 0.15) is 49.9 Å². The maximum atomic E-state index is 12.6. The van der Waals surface area contributed by atoms with Gasteiger partial charge in [-0.1, -0.05) is 50.1 Å². The van der Waals surface area contributed by atoms with E-state index in [1.807, 2.05) is 42.5 Å². The van der Waals surface area contributed by atoms with Crippen LogP contribution in [-0.4, -0.2) is 24.2 Å². The van der Waals surface area contributed by atoms with Gasteiger partial charge in [-0.2, -0.15) is 0 Å². The van der Waals surface area contributed by atoms with Crippen molar-refractivity contribution in [1.82, 2.24) is 10.3 Å². The standard InChI is InChI=1S/C23H29N3O3/c1-15-20(17-10-6-7-11-17)24-18-12-13-19(28-2)25-22(18)21(15)26-23(27)29-14-16-8-4-3-5-9-16/h3-5,8-9,12-13,15,17,20-21,24H,6-7,10-11,14H2,1-2H3,(H,26,27)/t15-,20+,21+/m0/s1. The summed E-state index contributed by atoms with van der Waals surface area (Å²) in [5.74, 6) is 1.35. The third kappa shape index (κ3) is 4.31. The molecule has 4 rings (SSSR count). The predicted octanol–water partition coefficient (Wildman–Crippen LogP) is 4.68. The number of fused-ring (bicyclic) bond motifs is 1. The summed E-state index contributed by atoms with van der Waals surface area (Å²) >= 11 is 0. The fourth-order valence-electron chi connectivity index (χ4n) is 4.65. The summed E-state index contributed by atoms with van der Waals surface area (Å²) in [5, 5.41) is 6.77. The zero-order valence-corrected chi connectivity index (χ0v) is 17.1. The molecule has 0 spiro atoms. The lowest BCUT2D eigenvalue weighted by Gasteiger charge is -2.41. The molecule has 1 aromatic heterocycles. The number of carbonyl (C=O) groups excluding carboxylic acids is 1. The number of hydrogen-bond donors (Lipinski definition) is 2. The first-order valence-corrected chi connectivity index (χ1v) is 10.4. The molecule has 0 radical (unpaired) electrons. The number of benzene rings is 1. The number of hydrogen-bond acceptors (Lipinski definition) is 5. The number of carbonyl (C=O) groups is 1. The van der Waals surface area contributed by atoms with Crippen molar-refractivity contribution in [3.05, 3.63) is 53.7 Å². The van der Waals surface area contributed by atoms with Gasteiger partial charge in [0.1, 0.15) is 6.61 Å². The van der Waals surface area contributed by atoms with Crippen molar-refractivity contribution in [2.45, 2.75) is 51.3 Å². The number of nitrogens with one attached hydrogen (secondary N) is 2. The lowest BCUT2D eigenvalue weighted by molar-refractivity contribution is 0.128. The number of pyridine rings is 1. The van der Waals surface area contributed by atoms with Crippen LogP contribution in [-0.2, 0) is 11.3 Å². The molecule has 1 aliphatic carbocycles. The van der Waals surface area contributed by atoms with Crippen molar-refractivity contribution in [2.75, 3.05) is 12.4 Å². The largest absolute Gasteiger partial charge is 0.481 e. The molecule has 2 aromatic rings. The molecule has 6 heteroatoms. The second-order valence-corrected chi connectivity index (χ2v) is 8.04. The number of anilines is 1. The van der Waals surface area contributed by atoms with E-state index in [-0.39, 0.29) is 18.6 Å². The lowest BCUT2D eigenvalue weighted by atomic mass is 9.79. The SMILES string of the molecule is COc1ccc2c(n1)[C@H](NC(=O)OCc1ccccc1)[C@@H](C)[C@H](C1CCCC1)N2. The minimum Gasteiger partial charge on any atom is -0.481 e. The van der Waals surface area contributed by atoms with E-state index in [9.17, 15) is 4.79 Å². The lowest BCUT2D eigenvalue weighted by Crippen LogP contribution is -2.47. The zero-order chi connectivity index (χ0) is 20.2. The molecule has 1 saturated carbocycles. The summed E-state index contributed by atoms with van der Waals surface area (Å²) < 4.78 is 10.8. The van der Waals surface area contributed by atoms with Crippen LogP contribution in [0.25, 0.3) is 0 Å². The molecule has 1 aromatic carbocycles. The Balaban J connectivity index is 1.53. The van der Waals surface area contributed by atoms with Gasteiger partial charge in [-0.05, 0) is 30.4 Å². The van der Waals surface area contributed by atoms with E-state index in [4.69, 9.17) is 9.47 Å². The third-order valence-electron chi connectivity index (χ3n) is 6.21. The van der Waals surface area contributed by atoms with Gasteiger partial charge < -0.3 is 20.1 Å². The Morgan fingerprint density at radius 2 is 1.93 bits per heavy atom. The van der Waals surface area contributed by atoms with E-state index in [0.29, 0.717) is 17.8 Å². The van der Waals surface area contributed by atoms with E-state index in [0.717, 1.165) is 16.9 Å². The van der Waals surface area contributed by atoms with Crippen molar-refractivity contribution in [2.24, 2.45) is 11.8 Å². The molecule has 0 bridgehead atoms. The fraction of sp³-hybridized carbons (Fsp3) is 0.478. The Morgan fingerprint density at radius 1 is 1.17 bits per heavy atom. The molecule has 29 heavy (non-hydrogen) atoms. The Kier molecular flexibility index (Phi) is 5.88. The molecular formula is C23H29N3O3. The molecule has 1 fully saturated rings. The summed E-state index contributed by atoms with van der Waals surface area (Å²) in [5.41, 5.74) is 2.74. The van der Waals surface area contributed by atoms with Crippen LogP contribution in [0.2, 0.25) is 0 Å². The highest BCUT2D eigenvalue weighted by Crippen LogP contribution is 2.42. The molecule has 1 aliphatic heterocycles. The number of methoxy groups -OCH3 is 1. The molecule has 6 nitrogen and oxygen atoms in total. The number of rotatable bonds is 5. The summed E-state index contributed by atoms with van der Waals surface area (Å²) in [6.45, 7) is 2.43. The van der Waals surface area contributed by atoms with Gasteiger partial charge in [0.25, 0.3) is 0 Å². The van der Waals surface area contributed by atoms with Crippen LogP contribution in [0.4, 0.5) is 10.5 Å². The van der Waals surface area contributed by atoms with Crippen LogP contribution in [0, 0.1) is 11.8 Å². The monoisotopic (exact) mass is 395 g/mol. The highest BCUT2D eigenvalue weighted by Gasteiger charge is 2.40. The van der Waals surface area contributed by atoms with Crippen LogP contribution < -0.4 is 15.4 Å². The van der Waals surface area contributed by atoms with Gasteiger partial charge >= 0.3 is 6.09 Å². The van der Waals surface area contributed by atoms with E-state index in [1.54, 1.807) is 7.11 Å². The molecule has 2 N–H and O–H groups in total. The molecular weight excluding hydrogens is 366 g/mol. The molecule has 0 saturated heterocycles. The second kappa shape index (κ2) is 8.72. The quantitative estimate of drug-likeness (QED) is 0.769. The topological polar surface area (TPSA) is 72.5 Å². The number of ether oxygens (including phenoxy) is 2. The number of alkyl carbamates (subject to hydrolysis) is 1. The van der Waals surface area contributed by atoms with Crippen LogP contribution in [0.3, 0.4) is 0 Å². The van der Waals surface area contributed by atoms with E-state index in [1.165, 1.54) is 25.7 Å². The summed E-state index contributed by atoms with van der Waals surface area (Å²) in [7, 11) is 1.60. The van der Waals surface area contributed by atoms with Gasteiger partial charge in [0.2, 0.25) is 5.88 Å². The average molecular weight is 396 g/mol. The Labute approximate surface area is 172 Å². The van der Waals surface area contributed by atoms with Crippen molar-refractivity contribution < 1.29 is 14.3 Å². The average Bonchev–Trinajstić information content (AvgIpc) is 3.29. The van der Waals surface area contributed by atoms with Gasteiger partial charge in [0.05, 0.1) is 24.5 Å². The molecule has 0 unspecified atom stereocenters. The van der Waals surface area contributed by atoms with Crippen molar-refractivity contribution in [3.63, 3.8) is 0 Å². The minimum atomic E-state index is -0.423. The molecule has 3 atom stereocenters. The molecule has 2 heterocycles. The number of aromatic nitrogens is 1. The summed E-state index contributed by atoms with van der Waals surface area (Å²) in [6.07, 6.45) is 4.59. The Morgan fingerprint density at radius 3 is 2.66 bits per heavy atom. The maximum absolute atomic E-state index is 12.6. The molecule has 154 valence electrons. The highest BCUT2D eigenvalue weighted by molar-refractivity contribution is 5.69. The smallest absolute Gasteiger partial charge is 0.408 e. The Hall–Kier alpha value is -2.76.